The van der Waals surface area contributed by atoms with Crippen LogP contribution in [0.3, 0.4) is 0 Å². The number of hydrogen-bond donors (Lipinski definition) is 1. The number of hydrogen-bond acceptors (Lipinski definition) is 2. The molecule has 0 spiro atoms. The largest absolute Gasteiger partial charge is 0.303 e. The van der Waals surface area contributed by atoms with E-state index < -0.39 is 0 Å². The molecule has 0 saturated carbocycles. The van der Waals surface area contributed by atoms with Gasteiger partial charge in [-0.25, -0.2) is 4.99 Å². The third-order valence-electron chi connectivity index (χ3n) is 0.747. The standard InChI is InChI=1S/C4H6N2O/c7-4-3-5-1-2-6-4/h2,5H,1,3H2. The van der Waals surface area contributed by atoms with Crippen molar-refractivity contribution < 1.29 is 4.79 Å². The zero-order valence-electron chi connectivity index (χ0n) is 3.85. The molecule has 7 heavy (non-hydrogen) atoms. The molecule has 1 heterocycles. The molecule has 0 radical (unpaired) electrons. The van der Waals surface area contributed by atoms with Gasteiger partial charge in [0.15, 0.2) is 0 Å². The highest BCUT2D eigenvalue weighted by Crippen LogP contribution is 1.74. The maximum atomic E-state index is 10.2. The topological polar surface area (TPSA) is 41.5 Å². The van der Waals surface area contributed by atoms with Crippen LogP contribution in [0.2, 0.25) is 0 Å². The molecule has 0 saturated heterocycles. The number of aliphatic imine (C=N–C) groups is 1. The van der Waals surface area contributed by atoms with Gasteiger partial charge in [0.2, 0.25) is 0 Å². The van der Waals surface area contributed by atoms with Gasteiger partial charge < -0.3 is 5.32 Å². The lowest BCUT2D eigenvalue weighted by Gasteiger charge is -1.99. The van der Waals surface area contributed by atoms with Gasteiger partial charge in [0, 0.05) is 12.8 Å². The fourth-order valence-corrected chi connectivity index (χ4v) is 0.437. The van der Waals surface area contributed by atoms with E-state index in [-0.39, 0.29) is 5.91 Å². The second-order valence-corrected chi connectivity index (χ2v) is 1.34. The molecule has 38 valence electrons. The van der Waals surface area contributed by atoms with E-state index >= 15 is 0 Å². The first-order valence-electron chi connectivity index (χ1n) is 2.15. The molecular weight excluding hydrogens is 92.1 g/mol. The smallest absolute Gasteiger partial charge is 0.259 e. The molecule has 0 aromatic rings. The molecule has 0 aromatic carbocycles. The van der Waals surface area contributed by atoms with Crippen molar-refractivity contribution in [2.45, 2.75) is 0 Å². The van der Waals surface area contributed by atoms with Crippen molar-refractivity contribution in [3.63, 3.8) is 0 Å². The van der Waals surface area contributed by atoms with Crippen LogP contribution in [-0.2, 0) is 4.79 Å². The van der Waals surface area contributed by atoms with Gasteiger partial charge in [-0.3, -0.25) is 4.79 Å². The van der Waals surface area contributed by atoms with Crippen LogP contribution < -0.4 is 5.32 Å². The quantitative estimate of drug-likeness (QED) is 0.430. The van der Waals surface area contributed by atoms with Crippen LogP contribution in [0.25, 0.3) is 0 Å². The van der Waals surface area contributed by atoms with Gasteiger partial charge >= 0.3 is 0 Å². The molecule has 0 fully saturated rings. The van der Waals surface area contributed by atoms with E-state index in [0.717, 1.165) is 6.54 Å². The van der Waals surface area contributed by atoms with Crippen LogP contribution in [0.15, 0.2) is 4.99 Å². The van der Waals surface area contributed by atoms with E-state index in [1.54, 1.807) is 6.21 Å². The Labute approximate surface area is 41.4 Å². The fraction of sp³-hybridized carbons (Fsp3) is 0.500. The molecule has 1 rings (SSSR count). The first-order chi connectivity index (χ1) is 3.39. The molecule has 0 unspecified atom stereocenters. The van der Waals surface area contributed by atoms with Crippen molar-refractivity contribution in [3.05, 3.63) is 0 Å². The Hall–Kier alpha value is -0.700. The molecule has 3 nitrogen and oxygen atoms in total. The number of carbonyl (C=O) groups is 1. The summed E-state index contributed by atoms with van der Waals surface area (Å²) in [5, 5.41) is 2.84. The number of nitrogens with zero attached hydrogens (tertiary/aromatic N) is 1. The van der Waals surface area contributed by atoms with Crippen molar-refractivity contribution in [2.75, 3.05) is 13.1 Å². The van der Waals surface area contributed by atoms with Gasteiger partial charge in [-0.15, -0.1) is 0 Å². The van der Waals surface area contributed by atoms with Crippen molar-refractivity contribution >= 4 is 12.1 Å². The first kappa shape index (κ1) is 4.46. The second-order valence-electron chi connectivity index (χ2n) is 1.34. The summed E-state index contributed by atoms with van der Waals surface area (Å²) in [6, 6.07) is 0. The summed E-state index contributed by atoms with van der Waals surface area (Å²) in [5.74, 6) is -0.0775. The summed E-state index contributed by atoms with van der Waals surface area (Å²) in [5.41, 5.74) is 0. The maximum absolute atomic E-state index is 10.2. The van der Waals surface area contributed by atoms with Crippen LogP contribution in [0.5, 0.6) is 0 Å². The lowest BCUT2D eigenvalue weighted by Crippen LogP contribution is -2.28. The SMILES string of the molecule is O=C1CNCC=N1. The van der Waals surface area contributed by atoms with Gasteiger partial charge in [0.05, 0.1) is 6.54 Å². The molecule has 1 aliphatic rings. The lowest BCUT2D eigenvalue weighted by atomic mass is 10.5. The monoisotopic (exact) mass is 98.0 g/mol. The average Bonchev–Trinajstić information content (AvgIpc) is 1.69. The van der Waals surface area contributed by atoms with Crippen molar-refractivity contribution in [1.29, 1.82) is 0 Å². The third kappa shape index (κ3) is 1.08. The summed E-state index contributed by atoms with van der Waals surface area (Å²) >= 11 is 0. The molecule has 3 heteroatoms. The van der Waals surface area contributed by atoms with Crippen LogP contribution in [0.4, 0.5) is 0 Å². The van der Waals surface area contributed by atoms with Gasteiger partial charge in [-0.2, -0.15) is 0 Å². The van der Waals surface area contributed by atoms with Crippen molar-refractivity contribution in [2.24, 2.45) is 4.99 Å². The Bertz CT molecular complexity index is 108. The van der Waals surface area contributed by atoms with E-state index in [1.165, 1.54) is 0 Å². The van der Waals surface area contributed by atoms with Crippen LogP contribution >= 0.6 is 0 Å². The summed E-state index contributed by atoms with van der Waals surface area (Å²) in [6.07, 6.45) is 1.58. The normalized spacial score (nSPS) is 20.3. The van der Waals surface area contributed by atoms with E-state index in [1.807, 2.05) is 0 Å². The molecule has 1 aliphatic heterocycles. The Kier molecular flexibility index (Phi) is 1.17. The zero-order valence-corrected chi connectivity index (χ0v) is 3.85. The molecule has 1 N–H and O–H groups in total. The predicted molar refractivity (Wildman–Crippen MR) is 26.4 cm³/mol. The highest BCUT2D eigenvalue weighted by Gasteiger charge is 1.98. The van der Waals surface area contributed by atoms with E-state index in [9.17, 15) is 4.79 Å². The van der Waals surface area contributed by atoms with Crippen LogP contribution in [0, 0.1) is 0 Å². The van der Waals surface area contributed by atoms with Crippen molar-refractivity contribution in [3.8, 4) is 0 Å². The molecule has 0 aromatic heterocycles. The Morgan fingerprint density at radius 2 is 2.71 bits per heavy atom. The highest BCUT2D eigenvalue weighted by molar-refractivity contribution is 5.89. The minimum absolute atomic E-state index is 0.0775. The van der Waals surface area contributed by atoms with E-state index in [4.69, 9.17) is 0 Å². The molecule has 0 atom stereocenters. The van der Waals surface area contributed by atoms with Gasteiger partial charge in [-0.1, -0.05) is 0 Å². The summed E-state index contributed by atoms with van der Waals surface area (Å²) < 4.78 is 0. The van der Waals surface area contributed by atoms with Crippen LogP contribution in [0.1, 0.15) is 0 Å². The molecule has 1 amide bonds. The summed E-state index contributed by atoms with van der Waals surface area (Å²) in [4.78, 5) is 13.7. The number of carbonyl (C=O) groups excluding carboxylic acids is 1. The molecule has 0 aliphatic carbocycles. The van der Waals surface area contributed by atoms with Crippen LogP contribution in [-0.4, -0.2) is 25.2 Å². The Morgan fingerprint density at radius 1 is 1.86 bits per heavy atom. The third-order valence-corrected chi connectivity index (χ3v) is 0.747. The number of rotatable bonds is 0. The van der Waals surface area contributed by atoms with Crippen molar-refractivity contribution in [1.82, 2.24) is 5.32 Å². The highest BCUT2D eigenvalue weighted by atomic mass is 16.1. The minimum atomic E-state index is -0.0775. The fourth-order valence-electron chi connectivity index (χ4n) is 0.437. The Morgan fingerprint density at radius 3 is 3.00 bits per heavy atom. The predicted octanol–water partition coefficient (Wildman–Crippen LogP) is -0.813. The summed E-state index contributed by atoms with van der Waals surface area (Å²) in [7, 11) is 0. The molecule has 0 bridgehead atoms. The number of nitrogens with one attached hydrogen (secondary N) is 1. The molecular formula is C4H6N2O. The average molecular weight is 98.1 g/mol. The van der Waals surface area contributed by atoms with Gasteiger partial charge in [0.1, 0.15) is 0 Å². The van der Waals surface area contributed by atoms with Gasteiger partial charge in [0.25, 0.3) is 5.91 Å². The maximum Gasteiger partial charge on any atom is 0.259 e. The van der Waals surface area contributed by atoms with E-state index in [2.05, 4.69) is 10.3 Å². The number of amides is 1. The Balaban J connectivity index is 2.51. The minimum Gasteiger partial charge on any atom is -0.303 e. The van der Waals surface area contributed by atoms with Gasteiger partial charge in [-0.05, 0) is 0 Å². The first-order valence-corrected chi connectivity index (χ1v) is 2.15. The second kappa shape index (κ2) is 1.84. The summed E-state index contributed by atoms with van der Waals surface area (Å²) in [6.45, 7) is 1.13. The van der Waals surface area contributed by atoms with E-state index in [0.29, 0.717) is 6.54 Å². The lowest BCUT2D eigenvalue weighted by molar-refractivity contribution is -0.117. The zero-order chi connectivity index (χ0) is 5.11.